The molecule has 3 heterocycles. The lowest BCUT2D eigenvalue weighted by atomic mass is 9.79. The molecule has 2 aliphatic rings. The van der Waals surface area contributed by atoms with Gasteiger partial charge in [-0.25, -0.2) is 9.67 Å². The lowest BCUT2D eigenvalue weighted by Crippen LogP contribution is -2.27. The van der Waals surface area contributed by atoms with Crippen LogP contribution in [-0.4, -0.2) is 34.5 Å². The average molecular weight is 335 g/mol. The minimum absolute atomic E-state index is 0.456. The lowest BCUT2D eigenvalue weighted by Gasteiger charge is -2.35. The average Bonchev–Trinajstić information content (AvgIpc) is 3.36. The molecule has 0 atom stereocenters. The van der Waals surface area contributed by atoms with E-state index in [1.54, 1.807) is 6.20 Å². The minimum atomic E-state index is 0.456. The summed E-state index contributed by atoms with van der Waals surface area (Å²) >= 11 is 0. The van der Waals surface area contributed by atoms with Crippen LogP contribution in [0.15, 0.2) is 37.1 Å². The van der Waals surface area contributed by atoms with Crippen LogP contribution in [0, 0.1) is 0 Å². The van der Waals surface area contributed by atoms with Crippen LogP contribution in [0.25, 0.3) is 11.5 Å². The first kappa shape index (κ1) is 14.7. The third-order valence-electron chi connectivity index (χ3n) is 5.56. The predicted octanol–water partition coefficient (Wildman–Crippen LogP) is 3.17. The fourth-order valence-corrected chi connectivity index (χ4v) is 4.07. The molecular formula is C18H21N7. The van der Waals surface area contributed by atoms with Crippen LogP contribution in [0.3, 0.4) is 0 Å². The quantitative estimate of drug-likeness (QED) is 0.732. The van der Waals surface area contributed by atoms with Gasteiger partial charge in [0, 0.05) is 18.2 Å². The Hall–Kier alpha value is -2.57. The first-order chi connectivity index (χ1) is 12.4. The molecule has 3 aromatic heterocycles. The maximum absolute atomic E-state index is 4.91. The Balaban J connectivity index is 1.44. The Morgan fingerprint density at radius 3 is 2.48 bits per heavy atom. The molecule has 3 aromatic rings. The molecule has 0 unspecified atom stereocenters. The topological polar surface area (TPSA) is 74.3 Å². The fourth-order valence-electron chi connectivity index (χ4n) is 4.07. The van der Waals surface area contributed by atoms with Gasteiger partial charge in [0.05, 0.1) is 6.04 Å². The van der Waals surface area contributed by atoms with Crippen LogP contribution in [0.2, 0.25) is 0 Å². The van der Waals surface area contributed by atoms with Gasteiger partial charge in [-0.2, -0.15) is 0 Å². The van der Waals surface area contributed by atoms with Gasteiger partial charge in [0.1, 0.15) is 24.2 Å². The summed E-state index contributed by atoms with van der Waals surface area (Å²) in [7, 11) is 0. The molecule has 0 aliphatic heterocycles. The van der Waals surface area contributed by atoms with Gasteiger partial charge in [-0.15, -0.1) is 15.3 Å². The van der Waals surface area contributed by atoms with Crippen molar-refractivity contribution in [3.05, 3.63) is 42.9 Å². The number of pyridine rings is 1. The van der Waals surface area contributed by atoms with Crippen molar-refractivity contribution in [2.45, 2.75) is 56.5 Å². The van der Waals surface area contributed by atoms with Gasteiger partial charge >= 0.3 is 0 Å². The van der Waals surface area contributed by atoms with Crippen LogP contribution < -0.4 is 0 Å². The second-order valence-electron chi connectivity index (χ2n) is 7.12. The van der Waals surface area contributed by atoms with E-state index in [4.69, 9.17) is 10.1 Å². The van der Waals surface area contributed by atoms with Crippen LogP contribution in [0.4, 0.5) is 0 Å². The van der Waals surface area contributed by atoms with Crippen molar-refractivity contribution < 1.29 is 0 Å². The Kier molecular flexibility index (Phi) is 3.57. The summed E-state index contributed by atoms with van der Waals surface area (Å²) < 4.78 is 4.32. The van der Waals surface area contributed by atoms with Crippen molar-refractivity contribution in [2.75, 3.05) is 0 Å². The molecule has 0 bridgehead atoms. The van der Waals surface area contributed by atoms with Gasteiger partial charge in [-0.05, 0) is 37.8 Å². The SMILES string of the molecule is c1ccc(-c2nc(C3CC(n4cnnc4)C3)n(C3CCCC3)n2)nc1. The summed E-state index contributed by atoms with van der Waals surface area (Å²) in [6.07, 6.45) is 12.6. The highest BCUT2D eigenvalue weighted by Gasteiger charge is 2.37. The van der Waals surface area contributed by atoms with Gasteiger partial charge in [-0.3, -0.25) is 4.98 Å². The van der Waals surface area contributed by atoms with Gasteiger partial charge in [-0.1, -0.05) is 18.9 Å². The molecule has 5 rings (SSSR count). The van der Waals surface area contributed by atoms with Crippen molar-refractivity contribution in [3.8, 4) is 11.5 Å². The molecule has 7 heteroatoms. The van der Waals surface area contributed by atoms with Crippen LogP contribution in [-0.2, 0) is 0 Å². The summed E-state index contributed by atoms with van der Waals surface area (Å²) in [5, 5.41) is 12.7. The van der Waals surface area contributed by atoms with E-state index >= 15 is 0 Å². The zero-order valence-corrected chi connectivity index (χ0v) is 14.1. The highest BCUT2D eigenvalue weighted by molar-refractivity contribution is 5.48. The molecule has 0 N–H and O–H groups in total. The number of aromatic nitrogens is 7. The number of rotatable bonds is 4. The summed E-state index contributed by atoms with van der Waals surface area (Å²) in [5.41, 5.74) is 0.857. The summed E-state index contributed by atoms with van der Waals surface area (Å²) in [6, 6.07) is 6.87. The largest absolute Gasteiger partial charge is 0.317 e. The Labute approximate surface area is 146 Å². The van der Waals surface area contributed by atoms with Crippen molar-refractivity contribution >= 4 is 0 Å². The molecule has 25 heavy (non-hydrogen) atoms. The van der Waals surface area contributed by atoms with Crippen molar-refractivity contribution in [1.29, 1.82) is 0 Å². The standard InChI is InChI=1S/C18H21N7/c1-2-6-14(5-1)25-18(13-9-15(10-13)24-11-20-21-12-24)22-17(23-25)16-7-3-4-8-19-16/h3-4,7-8,11-15H,1-2,5-6,9-10H2. The van der Waals surface area contributed by atoms with E-state index in [1.807, 2.05) is 30.9 Å². The highest BCUT2D eigenvalue weighted by Crippen LogP contribution is 2.45. The maximum Gasteiger partial charge on any atom is 0.200 e. The molecule has 7 nitrogen and oxygen atoms in total. The number of hydrogen-bond donors (Lipinski definition) is 0. The second kappa shape index (κ2) is 6.06. The first-order valence-corrected chi connectivity index (χ1v) is 9.10. The summed E-state index contributed by atoms with van der Waals surface area (Å²) in [4.78, 5) is 9.34. The number of nitrogens with zero attached hydrogens (tertiary/aromatic N) is 7. The van der Waals surface area contributed by atoms with E-state index in [2.05, 4.69) is 24.4 Å². The molecule has 0 aromatic carbocycles. The monoisotopic (exact) mass is 335 g/mol. The molecule has 0 radical (unpaired) electrons. The maximum atomic E-state index is 4.91. The molecule has 2 saturated carbocycles. The van der Waals surface area contributed by atoms with Crippen LogP contribution in [0.5, 0.6) is 0 Å². The molecule has 0 saturated heterocycles. The summed E-state index contributed by atoms with van der Waals surface area (Å²) in [6.45, 7) is 0. The Morgan fingerprint density at radius 2 is 1.76 bits per heavy atom. The molecule has 2 fully saturated rings. The third-order valence-corrected chi connectivity index (χ3v) is 5.56. The van der Waals surface area contributed by atoms with E-state index in [0.29, 0.717) is 18.0 Å². The minimum Gasteiger partial charge on any atom is -0.317 e. The highest BCUT2D eigenvalue weighted by atomic mass is 15.4. The third kappa shape index (κ3) is 2.63. The Morgan fingerprint density at radius 1 is 0.960 bits per heavy atom. The van der Waals surface area contributed by atoms with Crippen molar-refractivity contribution in [2.24, 2.45) is 0 Å². The van der Waals surface area contributed by atoms with E-state index in [1.165, 1.54) is 25.7 Å². The zero-order chi connectivity index (χ0) is 16.6. The fraction of sp³-hybridized carbons (Fsp3) is 0.500. The second-order valence-corrected chi connectivity index (χ2v) is 7.12. The molecule has 128 valence electrons. The predicted molar refractivity (Wildman–Crippen MR) is 91.8 cm³/mol. The van der Waals surface area contributed by atoms with E-state index in [0.717, 1.165) is 30.2 Å². The number of hydrogen-bond acceptors (Lipinski definition) is 5. The smallest absolute Gasteiger partial charge is 0.200 e. The van der Waals surface area contributed by atoms with Crippen molar-refractivity contribution in [1.82, 2.24) is 34.5 Å². The molecule has 0 amide bonds. The molecular weight excluding hydrogens is 314 g/mol. The van der Waals surface area contributed by atoms with Gasteiger partial charge in [0.25, 0.3) is 0 Å². The lowest BCUT2D eigenvalue weighted by molar-refractivity contribution is 0.243. The van der Waals surface area contributed by atoms with Gasteiger partial charge < -0.3 is 4.57 Å². The van der Waals surface area contributed by atoms with E-state index < -0.39 is 0 Å². The van der Waals surface area contributed by atoms with Gasteiger partial charge in [0.15, 0.2) is 5.82 Å². The normalized spacial score (nSPS) is 23.7. The molecule has 2 aliphatic carbocycles. The van der Waals surface area contributed by atoms with Gasteiger partial charge in [0.2, 0.25) is 0 Å². The van der Waals surface area contributed by atoms with Crippen LogP contribution >= 0.6 is 0 Å². The van der Waals surface area contributed by atoms with Crippen LogP contribution in [0.1, 0.15) is 62.4 Å². The van der Waals surface area contributed by atoms with Crippen molar-refractivity contribution in [3.63, 3.8) is 0 Å². The first-order valence-electron chi connectivity index (χ1n) is 9.10. The molecule has 0 spiro atoms. The van der Waals surface area contributed by atoms with E-state index in [-0.39, 0.29) is 0 Å². The zero-order valence-electron chi connectivity index (χ0n) is 14.1. The van der Waals surface area contributed by atoms with E-state index in [9.17, 15) is 0 Å². The summed E-state index contributed by atoms with van der Waals surface area (Å²) in [5.74, 6) is 2.35. The Bertz CT molecular complexity index is 828.